The Kier molecular flexibility index (Phi) is 5.62. The highest BCUT2D eigenvalue weighted by molar-refractivity contribution is 5.97. The first-order chi connectivity index (χ1) is 13.6. The minimum atomic E-state index is 0.0286. The van der Waals surface area contributed by atoms with Crippen LogP contribution in [-0.4, -0.2) is 55.0 Å². The summed E-state index contributed by atoms with van der Waals surface area (Å²) in [6.45, 7) is 2.43. The molecule has 1 aliphatic heterocycles. The van der Waals surface area contributed by atoms with Crippen molar-refractivity contribution in [2.45, 2.75) is 38.0 Å². The molecular weight excluding hydrogens is 358 g/mol. The van der Waals surface area contributed by atoms with Gasteiger partial charge in [-0.25, -0.2) is 4.98 Å². The molecule has 4 rings (SSSR count). The molecule has 0 radical (unpaired) electrons. The highest BCUT2D eigenvalue weighted by Gasteiger charge is 2.29. The van der Waals surface area contributed by atoms with Crippen molar-refractivity contribution in [3.05, 3.63) is 29.7 Å². The summed E-state index contributed by atoms with van der Waals surface area (Å²) in [4.78, 5) is 31.2. The molecule has 2 aliphatic rings. The first kappa shape index (κ1) is 18.9. The van der Waals surface area contributed by atoms with Gasteiger partial charge in [-0.2, -0.15) is 0 Å². The van der Waals surface area contributed by atoms with Crippen LogP contribution in [-0.2, 0) is 9.53 Å². The molecule has 1 saturated heterocycles. The summed E-state index contributed by atoms with van der Waals surface area (Å²) in [6, 6.07) is 5.50. The van der Waals surface area contributed by atoms with Crippen LogP contribution in [0.25, 0.3) is 11.1 Å². The number of hydrogen-bond acceptors (Lipinski definition) is 5. The smallest absolute Gasteiger partial charge is 0.253 e. The monoisotopic (exact) mass is 385 g/mol. The van der Waals surface area contributed by atoms with Gasteiger partial charge < -0.3 is 19.4 Å². The molecule has 1 aliphatic carbocycles. The third-order valence-corrected chi connectivity index (χ3v) is 5.58. The van der Waals surface area contributed by atoms with Crippen LogP contribution in [0.1, 0.15) is 54.3 Å². The molecule has 7 heteroatoms. The van der Waals surface area contributed by atoms with Crippen molar-refractivity contribution >= 4 is 22.9 Å². The summed E-state index contributed by atoms with van der Waals surface area (Å²) in [5, 5.41) is 2.86. The van der Waals surface area contributed by atoms with Crippen molar-refractivity contribution in [3.8, 4) is 0 Å². The molecule has 0 atom stereocenters. The van der Waals surface area contributed by atoms with Gasteiger partial charge in [-0.15, -0.1) is 0 Å². The second kappa shape index (κ2) is 8.31. The Morgan fingerprint density at radius 1 is 1.25 bits per heavy atom. The summed E-state index contributed by atoms with van der Waals surface area (Å²) < 4.78 is 10.7. The van der Waals surface area contributed by atoms with Gasteiger partial charge in [-0.3, -0.25) is 9.59 Å². The summed E-state index contributed by atoms with van der Waals surface area (Å²) in [7, 11) is 1.62. The Morgan fingerprint density at radius 3 is 2.75 bits per heavy atom. The fraction of sp³-hybridized carbons (Fsp3) is 0.571. The molecule has 0 spiro atoms. The number of hydrogen-bond donors (Lipinski definition) is 1. The van der Waals surface area contributed by atoms with Crippen LogP contribution in [0, 0.1) is 5.92 Å². The number of aromatic nitrogens is 1. The maximum Gasteiger partial charge on any atom is 0.253 e. The van der Waals surface area contributed by atoms with Crippen LogP contribution in [0.2, 0.25) is 0 Å². The molecule has 1 aromatic carbocycles. The van der Waals surface area contributed by atoms with Crippen LogP contribution < -0.4 is 5.32 Å². The van der Waals surface area contributed by atoms with E-state index >= 15 is 0 Å². The number of methoxy groups -OCH3 is 1. The van der Waals surface area contributed by atoms with Crippen molar-refractivity contribution in [1.82, 2.24) is 15.2 Å². The molecular formula is C21H27N3O4. The van der Waals surface area contributed by atoms with Gasteiger partial charge in [0, 0.05) is 44.6 Å². The maximum absolute atomic E-state index is 12.9. The molecule has 2 amide bonds. The Bertz CT molecular complexity index is 850. The molecule has 2 heterocycles. The highest BCUT2D eigenvalue weighted by atomic mass is 16.5. The van der Waals surface area contributed by atoms with E-state index in [0.29, 0.717) is 50.1 Å². The minimum Gasteiger partial charge on any atom is -0.440 e. The molecule has 28 heavy (non-hydrogen) atoms. The number of carbonyl (C=O) groups is 2. The van der Waals surface area contributed by atoms with Gasteiger partial charge in [0.25, 0.3) is 5.91 Å². The standard InChI is InChI=1S/C21H27N3O4/c1-27-11-8-22-19(25)12-14-6-9-24(10-7-14)21(26)16-4-5-18-17(13-16)23-20(28-18)15-2-3-15/h4-5,13-15H,2-3,6-12H2,1H3,(H,22,25). The van der Waals surface area contributed by atoms with Crippen molar-refractivity contribution in [2.75, 3.05) is 33.4 Å². The summed E-state index contributed by atoms with van der Waals surface area (Å²) in [6.07, 6.45) is 4.49. The zero-order valence-electron chi connectivity index (χ0n) is 16.3. The van der Waals surface area contributed by atoms with Gasteiger partial charge >= 0.3 is 0 Å². The molecule has 0 bridgehead atoms. The van der Waals surface area contributed by atoms with Crippen LogP contribution in [0.3, 0.4) is 0 Å². The Hall–Kier alpha value is -2.41. The first-order valence-corrected chi connectivity index (χ1v) is 10.1. The minimum absolute atomic E-state index is 0.0286. The van der Waals surface area contributed by atoms with Crippen LogP contribution in [0.4, 0.5) is 0 Å². The van der Waals surface area contributed by atoms with Crippen LogP contribution >= 0.6 is 0 Å². The number of nitrogens with zero attached hydrogens (tertiary/aromatic N) is 2. The number of likely N-dealkylation sites (tertiary alicyclic amines) is 1. The number of amides is 2. The molecule has 2 aromatic rings. The number of fused-ring (bicyclic) bond motifs is 1. The molecule has 1 saturated carbocycles. The van der Waals surface area contributed by atoms with E-state index < -0.39 is 0 Å². The van der Waals surface area contributed by atoms with E-state index in [1.54, 1.807) is 7.11 Å². The van der Waals surface area contributed by atoms with Crippen molar-refractivity contribution < 1.29 is 18.7 Å². The van der Waals surface area contributed by atoms with E-state index in [4.69, 9.17) is 9.15 Å². The zero-order chi connectivity index (χ0) is 19.5. The number of oxazole rings is 1. The Morgan fingerprint density at radius 2 is 2.04 bits per heavy atom. The van der Waals surface area contributed by atoms with Gasteiger partial charge in [0.2, 0.25) is 5.91 Å². The van der Waals surface area contributed by atoms with Gasteiger partial charge in [-0.05, 0) is 49.8 Å². The second-order valence-electron chi connectivity index (χ2n) is 7.79. The largest absolute Gasteiger partial charge is 0.440 e. The third kappa shape index (κ3) is 4.35. The highest BCUT2D eigenvalue weighted by Crippen LogP contribution is 2.40. The topological polar surface area (TPSA) is 84.7 Å². The lowest BCUT2D eigenvalue weighted by Gasteiger charge is -2.31. The molecule has 1 N–H and O–H groups in total. The zero-order valence-corrected chi connectivity index (χ0v) is 16.3. The number of rotatable bonds is 7. The summed E-state index contributed by atoms with van der Waals surface area (Å²) in [5.74, 6) is 1.66. The van der Waals surface area contributed by atoms with Crippen molar-refractivity contribution in [2.24, 2.45) is 5.92 Å². The normalized spacial score (nSPS) is 17.8. The fourth-order valence-corrected chi connectivity index (χ4v) is 3.73. The molecule has 0 unspecified atom stereocenters. The van der Waals surface area contributed by atoms with Crippen LogP contribution in [0.5, 0.6) is 0 Å². The predicted octanol–water partition coefficient (Wildman–Crippen LogP) is 2.71. The van der Waals surface area contributed by atoms with Crippen molar-refractivity contribution in [1.29, 1.82) is 0 Å². The van der Waals surface area contributed by atoms with E-state index in [2.05, 4.69) is 10.3 Å². The SMILES string of the molecule is COCCNC(=O)CC1CCN(C(=O)c2ccc3oc(C4CC4)nc3c2)CC1. The van der Waals surface area contributed by atoms with Gasteiger partial charge in [-0.1, -0.05) is 0 Å². The summed E-state index contributed by atoms with van der Waals surface area (Å²) in [5.41, 5.74) is 2.16. The average molecular weight is 385 g/mol. The second-order valence-corrected chi connectivity index (χ2v) is 7.79. The number of carbonyl (C=O) groups excluding carboxylic acids is 2. The maximum atomic E-state index is 12.9. The predicted molar refractivity (Wildman–Crippen MR) is 104 cm³/mol. The fourth-order valence-electron chi connectivity index (χ4n) is 3.73. The lowest BCUT2D eigenvalue weighted by Crippen LogP contribution is -2.39. The Labute approximate surface area is 164 Å². The van der Waals surface area contributed by atoms with E-state index in [1.165, 1.54) is 0 Å². The van der Waals surface area contributed by atoms with E-state index in [0.717, 1.165) is 42.7 Å². The molecule has 2 fully saturated rings. The average Bonchev–Trinajstić information content (AvgIpc) is 3.47. The lowest BCUT2D eigenvalue weighted by molar-refractivity contribution is -0.122. The van der Waals surface area contributed by atoms with E-state index in [-0.39, 0.29) is 11.8 Å². The van der Waals surface area contributed by atoms with Crippen LogP contribution in [0.15, 0.2) is 22.6 Å². The van der Waals surface area contributed by atoms with Gasteiger partial charge in [0.15, 0.2) is 11.5 Å². The number of piperidine rings is 1. The van der Waals surface area contributed by atoms with E-state index in [9.17, 15) is 9.59 Å². The molecule has 150 valence electrons. The van der Waals surface area contributed by atoms with Gasteiger partial charge in [0.05, 0.1) is 6.61 Å². The van der Waals surface area contributed by atoms with Gasteiger partial charge in [0.1, 0.15) is 5.52 Å². The lowest BCUT2D eigenvalue weighted by atomic mass is 9.93. The molecule has 1 aromatic heterocycles. The quantitative estimate of drug-likeness (QED) is 0.741. The Balaban J connectivity index is 1.31. The number of nitrogens with one attached hydrogen (secondary N) is 1. The van der Waals surface area contributed by atoms with Crippen molar-refractivity contribution in [3.63, 3.8) is 0 Å². The number of ether oxygens (including phenoxy) is 1. The summed E-state index contributed by atoms with van der Waals surface area (Å²) >= 11 is 0. The molecule has 7 nitrogen and oxygen atoms in total. The number of benzene rings is 1. The first-order valence-electron chi connectivity index (χ1n) is 10.1. The third-order valence-electron chi connectivity index (χ3n) is 5.58. The van der Waals surface area contributed by atoms with E-state index in [1.807, 2.05) is 23.1 Å².